The van der Waals surface area contributed by atoms with Crippen molar-refractivity contribution in [3.05, 3.63) is 217 Å². The summed E-state index contributed by atoms with van der Waals surface area (Å²) in [6.45, 7) is 0. The van der Waals surface area contributed by atoms with Crippen molar-refractivity contribution in [2.45, 2.75) is 0 Å². The Morgan fingerprint density at radius 2 is 0.643 bits per heavy atom. The van der Waals surface area contributed by atoms with Crippen LogP contribution in [0.5, 0.6) is 0 Å². The third-order valence-corrected chi connectivity index (χ3v) is 11.6. The van der Waals surface area contributed by atoms with Crippen LogP contribution in [0.2, 0.25) is 0 Å². The monoisotopic (exact) mass is 708 g/mol. The molecule has 11 aromatic carbocycles. The van der Waals surface area contributed by atoms with Crippen LogP contribution in [-0.2, 0) is 0 Å². The highest BCUT2D eigenvalue weighted by Crippen LogP contribution is 2.45. The van der Waals surface area contributed by atoms with Crippen LogP contribution in [0.4, 0.5) is 0 Å². The molecule has 0 heteroatoms. The van der Waals surface area contributed by atoms with Crippen molar-refractivity contribution in [1.82, 2.24) is 0 Å². The Kier molecular flexibility index (Phi) is 7.60. The normalized spacial score (nSPS) is 11.9. The highest BCUT2D eigenvalue weighted by Gasteiger charge is 2.18. The molecule has 0 nitrogen and oxygen atoms in total. The second-order valence-electron chi connectivity index (χ2n) is 14.8. The molecule has 0 aromatic heterocycles. The van der Waals surface area contributed by atoms with Crippen LogP contribution in [0.3, 0.4) is 0 Å². The SMILES string of the molecule is C(=Cc1c2ccccc2c(-c2ccccc2)c2ccccc12)c1ccc2c(-c3ccc4ccccc4c3)c3ccccc3c(-c3ccc4ccccc4c3)c2c1. The van der Waals surface area contributed by atoms with Gasteiger partial charge >= 0.3 is 0 Å². The van der Waals surface area contributed by atoms with Crippen LogP contribution >= 0.6 is 0 Å². The van der Waals surface area contributed by atoms with Crippen LogP contribution in [0, 0.1) is 0 Å². The summed E-state index contributed by atoms with van der Waals surface area (Å²) in [5.41, 5.74) is 9.92. The molecule has 0 saturated carbocycles. The van der Waals surface area contributed by atoms with E-state index in [1.165, 1.54) is 109 Å². The number of hydrogen-bond acceptors (Lipinski definition) is 0. The second-order valence-corrected chi connectivity index (χ2v) is 14.8. The molecule has 0 N–H and O–H groups in total. The molecule has 0 aliphatic rings. The Balaban J connectivity index is 1.17. The van der Waals surface area contributed by atoms with Crippen molar-refractivity contribution in [1.29, 1.82) is 0 Å². The van der Waals surface area contributed by atoms with Gasteiger partial charge in [-0.2, -0.15) is 0 Å². The average Bonchev–Trinajstić information content (AvgIpc) is 3.27. The van der Waals surface area contributed by atoms with Gasteiger partial charge in [-0.1, -0.05) is 200 Å². The van der Waals surface area contributed by atoms with Gasteiger partial charge in [-0.25, -0.2) is 0 Å². The molecule has 0 fully saturated rings. The zero-order valence-corrected chi connectivity index (χ0v) is 30.8. The summed E-state index contributed by atoms with van der Waals surface area (Å²) in [5.74, 6) is 0. The molecule has 56 heavy (non-hydrogen) atoms. The summed E-state index contributed by atoms with van der Waals surface area (Å²) in [6.07, 6.45) is 4.65. The fraction of sp³-hybridized carbons (Fsp3) is 0. The van der Waals surface area contributed by atoms with Gasteiger partial charge in [0, 0.05) is 0 Å². The number of benzene rings is 11. The van der Waals surface area contributed by atoms with E-state index in [1.807, 2.05) is 0 Å². The lowest BCUT2D eigenvalue weighted by Crippen LogP contribution is -1.92. The maximum Gasteiger partial charge on any atom is -0.00259 e. The van der Waals surface area contributed by atoms with E-state index in [0.717, 1.165) is 0 Å². The van der Waals surface area contributed by atoms with Crippen LogP contribution in [0.15, 0.2) is 206 Å². The van der Waals surface area contributed by atoms with Crippen molar-refractivity contribution in [2.75, 3.05) is 0 Å². The first kappa shape index (κ1) is 32.2. The van der Waals surface area contributed by atoms with E-state index in [-0.39, 0.29) is 0 Å². The zero-order valence-electron chi connectivity index (χ0n) is 30.8. The Bertz CT molecular complexity index is 3290. The largest absolute Gasteiger partial charge is 0.0622 e. The molecule has 0 aliphatic heterocycles. The smallest absolute Gasteiger partial charge is 0.00259 e. The Morgan fingerprint density at radius 1 is 0.232 bits per heavy atom. The standard InChI is InChI=1S/C56H36/c1-2-16-40(17-3-1)54-48-22-10-8-20-45(48)47(46-21-9-11-23-49(46)54)32-26-37-27-33-52-53(34-37)56(44-31-29-39-15-5-7-19-42(39)36-44)51-25-13-12-24-50(51)55(52)43-30-28-38-14-4-6-18-41(38)35-43/h1-36H. The Morgan fingerprint density at radius 3 is 1.20 bits per heavy atom. The van der Waals surface area contributed by atoms with Crippen LogP contribution in [-0.4, -0.2) is 0 Å². The topological polar surface area (TPSA) is 0 Å². The van der Waals surface area contributed by atoms with Crippen LogP contribution in [0.1, 0.15) is 11.1 Å². The molecule has 11 aromatic rings. The molecule has 260 valence electrons. The minimum atomic E-state index is 1.17. The van der Waals surface area contributed by atoms with E-state index < -0.39 is 0 Å². The van der Waals surface area contributed by atoms with Crippen molar-refractivity contribution in [3.63, 3.8) is 0 Å². The van der Waals surface area contributed by atoms with E-state index in [0.29, 0.717) is 0 Å². The molecule has 0 saturated heterocycles. The molecule has 0 aliphatic carbocycles. The van der Waals surface area contributed by atoms with Gasteiger partial charge in [0.15, 0.2) is 0 Å². The Labute approximate surface area is 326 Å². The number of fused-ring (bicyclic) bond motifs is 6. The molecule has 0 unspecified atom stereocenters. The van der Waals surface area contributed by atoms with E-state index in [2.05, 4.69) is 218 Å². The molecule has 0 radical (unpaired) electrons. The summed E-state index contributed by atoms with van der Waals surface area (Å²) in [6, 6.07) is 75.7. The maximum absolute atomic E-state index is 2.41. The maximum atomic E-state index is 2.41. The van der Waals surface area contributed by atoms with Crippen LogP contribution < -0.4 is 0 Å². The van der Waals surface area contributed by atoms with Gasteiger partial charge < -0.3 is 0 Å². The third-order valence-electron chi connectivity index (χ3n) is 11.6. The lowest BCUT2D eigenvalue weighted by atomic mass is 9.84. The summed E-state index contributed by atoms with van der Waals surface area (Å²) < 4.78 is 0. The lowest BCUT2D eigenvalue weighted by molar-refractivity contribution is 1.66. The van der Waals surface area contributed by atoms with Gasteiger partial charge in [0.05, 0.1) is 0 Å². The van der Waals surface area contributed by atoms with Gasteiger partial charge in [0.1, 0.15) is 0 Å². The van der Waals surface area contributed by atoms with Crippen molar-refractivity contribution >= 4 is 76.8 Å². The molecular weight excluding hydrogens is 673 g/mol. The Hall–Kier alpha value is -7.28. The van der Waals surface area contributed by atoms with Gasteiger partial charge in [0.25, 0.3) is 0 Å². The molecule has 0 amide bonds. The number of hydrogen-bond donors (Lipinski definition) is 0. The van der Waals surface area contributed by atoms with Gasteiger partial charge in [0.2, 0.25) is 0 Å². The van der Waals surface area contributed by atoms with Gasteiger partial charge in [-0.05, 0) is 127 Å². The van der Waals surface area contributed by atoms with Crippen molar-refractivity contribution < 1.29 is 0 Å². The summed E-state index contributed by atoms with van der Waals surface area (Å²) in [7, 11) is 0. The van der Waals surface area contributed by atoms with Crippen molar-refractivity contribution in [3.8, 4) is 33.4 Å². The minimum absolute atomic E-state index is 1.17. The summed E-state index contributed by atoms with van der Waals surface area (Å²) in [5, 5.41) is 15.1. The first-order valence-corrected chi connectivity index (χ1v) is 19.4. The van der Waals surface area contributed by atoms with E-state index in [1.54, 1.807) is 0 Å². The van der Waals surface area contributed by atoms with Crippen molar-refractivity contribution in [2.24, 2.45) is 0 Å². The lowest BCUT2D eigenvalue weighted by Gasteiger charge is -2.19. The minimum Gasteiger partial charge on any atom is -0.0622 e. The van der Waals surface area contributed by atoms with Crippen LogP contribution in [0.25, 0.3) is 110 Å². The first-order chi connectivity index (χ1) is 27.8. The first-order valence-electron chi connectivity index (χ1n) is 19.4. The summed E-state index contributed by atoms with van der Waals surface area (Å²) >= 11 is 0. The third kappa shape index (κ3) is 5.30. The van der Waals surface area contributed by atoms with Gasteiger partial charge in [-0.15, -0.1) is 0 Å². The average molecular weight is 709 g/mol. The summed E-state index contributed by atoms with van der Waals surface area (Å²) in [4.78, 5) is 0. The van der Waals surface area contributed by atoms with E-state index in [9.17, 15) is 0 Å². The highest BCUT2D eigenvalue weighted by molar-refractivity contribution is 6.23. The fourth-order valence-electron chi connectivity index (χ4n) is 9.05. The fourth-order valence-corrected chi connectivity index (χ4v) is 9.05. The zero-order chi connectivity index (χ0) is 37.0. The van der Waals surface area contributed by atoms with E-state index in [4.69, 9.17) is 0 Å². The van der Waals surface area contributed by atoms with Gasteiger partial charge in [-0.3, -0.25) is 0 Å². The highest BCUT2D eigenvalue weighted by atomic mass is 14.2. The second kappa shape index (κ2) is 13.2. The molecular formula is C56H36. The molecule has 0 atom stereocenters. The predicted octanol–water partition coefficient (Wildman–Crippen LogP) is 15.8. The molecule has 0 bridgehead atoms. The molecule has 0 spiro atoms. The predicted molar refractivity (Wildman–Crippen MR) is 243 cm³/mol. The molecule has 0 heterocycles. The van der Waals surface area contributed by atoms with E-state index >= 15 is 0 Å². The quantitative estimate of drug-likeness (QED) is 0.123. The molecule has 11 rings (SSSR count). The number of rotatable bonds is 5.